The van der Waals surface area contributed by atoms with E-state index in [1.54, 1.807) is 53.4 Å². The monoisotopic (exact) mass is 555 g/mol. The van der Waals surface area contributed by atoms with Crippen molar-refractivity contribution in [2.75, 3.05) is 27.6 Å². The second-order valence-electron chi connectivity index (χ2n) is 8.50. The first-order valence-corrected chi connectivity index (χ1v) is 13.4. The molecule has 0 saturated carbocycles. The molecule has 2 amide bonds. The molecule has 1 aliphatic rings. The molecule has 0 unspecified atom stereocenters. The summed E-state index contributed by atoms with van der Waals surface area (Å²) in [5, 5.41) is 2.80. The Morgan fingerprint density at radius 3 is 2.43 bits per heavy atom. The number of carbonyl (C=O) groups excluding carboxylic acids is 2. The van der Waals surface area contributed by atoms with E-state index < -0.39 is 22.5 Å². The second-order valence-corrected chi connectivity index (χ2v) is 11.3. The zero-order chi connectivity index (χ0) is 25.2. The van der Waals surface area contributed by atoms with Crippen LogP contribution in [0.2, 0.25) is 0 Å². The number of nitrogens with one attached hydrogen (secondary N) is 1. The quantitative estimate of drug-likeness (QED) is 0.443. The SMILES string of the molecule is Cc1ccc(S(=O)(=O)N(CC(=O)Nc2ccc(N3CCCC3=O)c(C)c2)c2cccc(Br)c2)cc1. The topological polar surface area (TPSA) is 86.8 Å². The first-order chi connectivity index (χ1) is 16.6. The Hall–Kier alpha value is -3.17. The average molecular weight is 556 g/mol. The van der Waals surface area contributed by atoms with Crippen LogP contribution in [-0.4, -0.2) is 33.3 Å². The molecule has 1 N–H and O–H groups in total. The lowest BCUT2D eigenvalue weighted by Gasteiger charge is -2.24. The maximum absolute atomic E-state index is 13.5. The molecule has 0 radical (unpaired) electrons. The Morgan fingerprint density at radius 1 is 1.06 bits per heavy atom. The van der Waals surface area contributed by atoms with Crippen LogP contribution in [0.5, 0.6) is 0 Å². The number of anilines is 3. The smallest absolute Gasteiger partial charge is 0.264 e. The summed E-state index contributed by atoms with van der Waals surface area (Å²) in [6.45, 7) is 4.04. The van der Waals surface area contributed by atoms with Crippen molar-refractivity contribution in [1.29, 1.82) is 0 Å². The fraction of sp³-hybridized carbons (Fsp3) is 0.231. The van der Waals surface area contributed by atoms with Crippen molar-refractivity contribution in [1.82, 2.24) is 0 Å². The fourth-order valence-corrected chi connectivity index (χ4v) is 5.85. The fourth-order valence-electron chi connectivity index (χ4n) is 4.05. The van der Waals surface area contributed by atoms with Gasteiger partial charge in [-0.05, 0) is 74.4 Å². The zero-order valence-corrected chi connectivity index (χ0v) is 21.9. The number of hydrogen-bond donors (Lipinski definition) is 1. The number of rotatable bonds is 7. The molecule has 3 aromatic carbocycles. The summed E-state index contributed by atoms with van der Waals surface area (Å²) >= 11 is 3.38. The summed E-state index contributed by atoms with van der Waals surface area (Å²) in [6.07, 6.45) is 1.37. The van der Waals surface area contributed by atoms with Crippen LogP contribution >= 0.6 is 15.9 Å². The Balaban J connectivity index is 1.59. The van der Waals surface area contributed by atoms with E-state index in [2.05, 4.69) is 21.2 Å². The highest BCUT2D eigenvalue weighted by molar-refractivity contribution is 9.10. The Morgan fingerprint density at radius 2 is 1.80 bits per heavy atom. The number of nitrogens with zero attached hydrogens (tertiary/aromatic N) is 2. The third-order valence-corrected chi connectivity index (χ3v) is 8.12. The van der Waals surface area contributed by atoms with Gasteiger partial charge in [0, 0.05) is 28.8 Å². The largest absolute Gasteiger partial charge is 0.325 e. The summed E-state index contributed by atoms with van der Waals surface area (Å²) in [4.78, 5) is 27.0. The lowest BCUT2D eigenvalue weighted by Crippen LogP contribution is -2.38. The van der Waals surface area contributed by atoms with Crippen molar-refractivity contribution >= 4 is 54.8 Å². The van der Waals surface area contributed by atoms with Crippen LogP contribution in [0.3, 0.4) is 0 Å². The minimum absolute atomic E-state index is 0.0934. The molecule has 182 valence electrons. The molecule has 9 heteroatoms. The van der Waals surface area contributed by atoms with Crippen LogP contribution in [0.4, 0.5) is 17.1 Å². The predicted octanol–water partition coefficient (Wildman–Crippen LogP) is 5.03. The van der Waals surface area contributed by atoms with Gasteiger partial charge in [0.1, 0.15) is 6.54 Å². The first kappa shape index (κ1) is 24.9. The maximum Gasteiger partial charge on any atom is 0.264 e. The third-order valence-electron chi connectivity index (χ3n) is 5.84. The van der Waals surface area contributed by atoms with Crippen LogP contribution in [0.15, 0.2) is 76.1 Å². The highest BCUT2D eigenvalue weighted by Gasteiger charge is 2.28. The molecule has 1 heterocycles. The van der Waals surface area contributed by atoms with Gasteiger partial charge in [-0.15, -0.1) is 0 Å². The van der Waals surface area contributed by atoms with Gasteiger partial charge in [0.2, 0.25) is 11.8 Å². The van der Waals surface area contributed by atoms with E-state index in [9.17, 15) is 18.0 Å². The van der Waals surface area contributed by atoms with Gasteiger partial charge in [0.25, 0.3) is 10.0 Å². The van der Waals surface area contributed by atoms with Crippen LogP contribution in [0, 0.1) is 13.8 Å². The molecule has 3 aromatic rings. The molecule has 0 atom stereocenters. The van der Waals surface area contributed by atoms with Crippen molar-refractivity contribution < 1.29 is 18.0 Å². The van der Waals surface area contributed by atoms with E-state index in [0.717, 1.165) is 27.5 Å². The number of hydrogen-bond acceptors (Lipinski definition) is 4. The normalized spacial score (nSPS) is 13.7. The second kappa shape index (κ2) is 10.2. The Labute approximate surface area is 213 Å². The minimum Gasteiger partial charge on any atom is -0.325 e. The summed E-state index contributed by atoms with van der Waals surface area (Å²) in [7, 11) is -4.00. The molecule has 0 spiro atoms. The van der Waals surface area contributed by atoms with Crippen molar-refractivity contribution in [3.8, 4) is 0 Å². The Kier molecular flexibility index (Phi) is 7.28. The molecule has 1 aliphatic heterocycles. The molecule has 7 nitrogen and oxygen atoms in total. The van der Waals surface area contributed by atoms with Gasteiger partial charge in [0.05, 0.1) is 10.6 Å². The standard InChI is InChI=1S/C26H26BrN3O4S/c1-18-8-11-23(12-9-18)35(33,34)30(22-6-3-5-20(27)16-22)17-25(31)28-21-10-13-24(19(2)15-21)29-14-4-7-26(29)32/h3,5-6,8-13,15-16H,4,7,14,17H2,1-2H3,(H,28,31). The van der Waals surface area contributed by atoms with Crippen molar-refractivity contribution in [2.45, 2.75) is 31.6 Å². The van der Waals surface area contributed by atoms with Crippen LogP contribution < -0.4 is 14.5 Å². The van der Waals surface area contributed by atoms with Crippen molar-refractivity contribution in [2.24, 2.45) is 0 Å². The van der Waals surface area contributed by atoms with E-state index in [-0.39, 0.29) is 10.8 Å². The molecule has 4 rings (SSSR count). The van der Waals surface area contributed by atoms with E-state index in [1.807, 2.05) is 19.9 Å². The van der Waals surface area contributed by atoms with Gasteiger partial charge < -0.3 is 10.2 Å². The average Bonchev–Trinajstić information content (AvgIpc) is 3.23. The van der Waals surface area contributed by atoms with Crippen LogP contribution in [-0.2, 0) is 19.6 Å². The first-order valence-electron chi connectivity index (χ1n) is 11.2. The third kappa shape index (κ3) is 5.57. The zero-order valence-electron chi connectivity index (χ0n) is 19.5. The van der Waals surface area contributed by atoms with Crippen molar-refractivity contribution in [3.63, 3.8) is 0 Å². The molecular formula is C26H26BrN3O4S. The summed E-state index contributed by atoms with van der Waals surface area (Å²) in [5.41, 5.74) is 3.52. The van der Waals surface area contributed by atoms with Gasteiger partial charge in [0.15, 0.2) is 0 Å². The maximum atomic E-state index is 13.5. The number of amides is 2. The van der Waals surface area contributed by atoms with Gasteiger partial charge in [-0.3, -0.25) is 13.9 Å². The number of aryl methyl sites for hydroxylation is 2. The van der Waals surface area contributed by atoms with Crippen LogP contribution in [0.1, 0.15) is 24.0 Å². The van der Waals surface area contributed by atoms with Gasteiger partial charge in [-0.25, -0.2) is 8.42 Å². The molecule has 1 saturated heterocycles. The van der Waals surface area contributed by atoms with Gasteiger partial charge in [-0.1, -0.05) is 39.7 Å². The highest BCUT2D eigenvalue weighted by Crippen LogP contribution is 2.29. The lowest BCUT2D eigenvalue weighted by molar-refractivity contribution is -0.117. The van der Waals surface area contributed by atoms with E-state index in [4.69, 9.17) is 0 Å². The lowest BCUT2D eigenvalue weighted by atomic mass is 10.1. The van der Waals surface area contributed by atoms with E-state index >= 15 is 0 Å². The van der Waals surface area contributed by atoms with Gasteiger partial charge >= 0.3 is 0 Å². The summed E-state index contributed by atoms with van der Waals surface area (Å²) < 4.78 is 28.8. The van der Waals surface area contributed by atoms with Crippen LogP contribution in [0.25, 0.3) is 0 Å². The van der Waals surface area contributed by atoms with E-state index in [0.29, 0.717) is 28.8 Å². The molecule has 0 aliphatic carbocycles. The minimum atomic E-state index is -4.00. The summed E-state index contributed by atoms with van der Waals surface area (Å²) in [6, 6.07) is 18.7. The predicted molar refractivity (Wildman–Crippen MR) is 141 cm³/mol. The Bertz CT molecular complexity index is 1370. The van der Waals surface area contributed by atoms with Crippen molar-refractivity contribution in [3.05, 3.63) is 82.3 Å². The summed E-state index contributed by atoms with van der Waals surface area (Å²) in [5.74, 6) is -0.388. The number of benzene rings is 3. The molecular weight excluding hydrogens is 530 g/mol. The highest BCUT2D eigenvalue weighted by atomic mass is 79.9. The number of halogens is 1. The molecule has 0 bridgehead atoms. The molecule has 0 aromatic heterocycles. The number of sulfonamides is 1. The molecule has 35 heavy (non-hydrogen) atoms. The van der Waals surface area contributed by atoms with E-state index in [1.165, 1.54) is 12.1 Å². The number of carbonyl (C=O) groups is 2. The molecule has 1 fully saturated rings. The van der Waals surface area contributed by atoms with Gasteiger partial charge in [-0.2, -0.15) is 0 Å².